The second-order valence-corrected chi connectivity index (χ2v) is 4.92. The van der Waals surface area contributed by atoms with E-state index in [2.05, 4.69) is 0 Å². The van der Waals surface area contributed by atoms with Gasteiger partial charge in [-0.15, -0.1) is 0 Å². The predicted molar refractivity (Wildman–Crippen MR) is 67.1 cm³/mol. The van der Waals surface area contributed by atoms with Crippen LogP contribution < -0.4 is 0 Å². The van der Waals surface area contributed by atoms with E-state index in [0.717, 1.165) is 12.1 Å². The van der Waals surface area contributed by atoms with Gasteiger partial charge in [-0.1, -0.05) is 6.07 Å². The van der Waals surface area contributed by atoms with Crippen LogP contribution in [0.5, 0.6) is 0 Å². The molecule has 1 saturated heterocycles. The van der Waals surface area contributed by atoms with Gasteiger partial charge in [0.05, 0.1) is 5.92 Å². The number of halogens is 2. The number of carbonyl (C=O) groups excluding carboxylic acids is 1. The zero-order valence-corrected chi connectivity index (χ0v) is 11.0. The number of aliphatic carboxylic acids is 1. The Morgan fingerprint density at radius 3 is 2.65 bits per heavy atom. The Kier molecular flexibility index (Phi) is 4.01. The molecule has 1 aromatic carbocycles. The number of rotatable bonds is 3. The first-order chi connectivity index (χ1) is 9.41. The Labute approximate surface area is 115 Å². The van der Waals surface area contributed by atoms with E-state index >= 15 is 0 Å². The summed E-state index contributed by atoms with van der Waals surface area (Å²) in [6.45, 7) is 1.94. The van der Waals surface area contributed by atoms with Gasteiger partial charge in [0.25, 0.3) is 0 Å². The van der Waals surface area contributed by atoms with Crippen LogP contribution in [0.2, 0.25) is 0 Å². The highest BCUT2D eigenvalue weighted by atomic mass is 19.2. The van der Waals surface area contributed by atoms with Crippen LogP contribution in [-0.4, -0.2) is 34.5 Å². The topological polar surface area (TPSA) is 57.6 Å². The Bertz CT molecular complexity index is 547. The van der Waals surface area contributed by atoms with E-state index in [4.69, 9.17) is 5.11 Å². The number of carbonyl (C=O) groups is 2. The van der Waals surface area contributed by atoms with Gasteiger partial charge >= 0.3 is 5.97 Å². The third-order valence-corrected chi connectivity index (χ3v) is 3.64. The van der Waals surface area contributed by atoms with Crippen LogP contribution in [0.4, 0.5) is 8.78 Å². The van der Waals surface area contributed by atoms with E-state index in [1.807, 2.05) is 0 Å². The van der Waals surface area contributed by atoms with Crippen molar-refractivity contribution in [1.29, 1.82) is 0 Å². The first-order valence-corrected chi connectivity index (χ1v) is 6.40. The van der Waals surface area contributed by atoms with E-state index in [0.29, 0.717) is 24.9 Å². The van der Waals surface area contributed by atoms with E-state index in [1.165, 1.54) is 11.0 Å². The van der Waals surface area contributed by atoms with Gasteiger partial charge in [0.2, 0.25) is 5.91 Å². The summed E-state index contributed by atoms with van der Waals surface area (Å²) in [7, 11) is 0. The van der Waals surface area contributed by atoms with Crippen molar-refractivity contribution in [2.75, 3.05) is 6.54 Å². The Morgan fingerprint density at radius 2 is 2.05 bits per heavy atom. The Hall–Kier alpha value is -1.98. The van der Waals surface area contributed by atoms with Crippen molar-refractivity contribution in [2.24, 2.45) is 0 Å². The average Bonchev–Trinajstić information content (AvgIpc) is 2.89. The van der Waals surface area contributed by atoms with Gasteiger partial charge in [0.15, 0.2) is 11.6 Å². The highest BCUT2D eigenvalue weighted by molar-refractivity contribution is 5.88. The number of benzene rings is 1. The molecule has 1 amide bonds. The van der Waals surface area contributed by atoms with Gasteiger partial charge in [-0.25, -0.2) is 13.6 Å². The largest absolute Gasteiger partial charge is 0.480 e. The maximum absolute atomic E-state index is 13.2. The second kappa shape index (κ2) is 5.56. The molecule has 2 atom stereocenters. The molecule has 0 radical (unpaired) electrons. The van der Waals surface area contributed by atoms with Crippen molar-refractivity contribution in [3.05, 3.63) is 35.4 Å². The number of carboxylic acid groups (broad SMARTS) is 1. The average molecular weight is 283 g/mol. The normalized spacial score (nSPS) is 19.9. The first kappa shape index (κ1) is 14.4. The van der Waals surface area contributed by atoms with Gasteiger partial charge in [-0.3, -0.25) is 4.79 Å². The molecule has 1 aliphatic heterocycles. The van der Waals surface area contributed by atoms with Crippen molar-refractivity contribution < 1.29 is 23.5 Å². The molecule has 0 bridgehead atoms. The first-order valence-electron chi connectivity index (χ1n) is 6.40. The lowest BCUT2D eigenvalue weighted by Crippen LogP contribution is -2.42. The molecule has 0 aliphatic carbocycles. The zero-order valence-electron chi connectivity index (χ0n) is 11.0. The zero-order chi connectivity index (χ0) is 14.9. The molecule has 1 aromatic rings. The van der Waals surface area contributed by atoms with Crippen molar-refractivity contribution in [3.8, 4) is 0 Å². The molecule has 4 nitrogen and oxygen atoms in total. The van der Waals surface area contributed by atoms with Crippen LogP contribution in [-0.2, 0) is 9.59 Å². The lowest BCUT2D eigenvalue weighted by molar-refractivity contribution is -0.148. The molecular formula is C14H15F2NO3. The third-order valence-electron chi connectivity index (χ3n) is 3.64. The van der Waals surface area contributed by atoms with Crippen LogP contribution in [0.15, 0.2) is 18.2 Å². The van der Waals surface area contributed by atoms with Crippen LogP contribution in [0.3, 0.4) is 0 Å². The number of carboxylic acids is 1. The number of nitrogens with zero attached hydrogens (tertiary/aromatic N) is 1. The summed E-state index contributed by atoms with van der Waals surface area (Å²) in [6.07, 6.45) is 1.05. The van der Waals surface area contributed by atoms with Crippen LogP contribution in [0.1, 0.15) is 31.2 Å². The predicted octanol–water partition coefficient (Wildman–Crippen LogP) is 2.14. The fraction of sp³-hybridized carbons (Fsp3) is 0.429. The molecule has 0 saturated carbocycles. The molecule has 0 unspecified atom stereocenters. The molecule has 6 heteroatoms. The SMILES string of the molecule is C[C@@H](C(=O)N1CCC[C@H]1C(=O)O)c1ccc(F)c(F)c1. The maximum Gasteiger partial charge on any atom is 0.326 e. The fourth-order valence-corrected chi connectivity index (χ4v) is 2.46. The number of hydrogen-bond acceptors (Lipinski definition) is 2. The van der Waals surface area contributed by atoms with E-state index in [1.54, 1.807) is 6.92 Å². The Morgan fingerprint density at radius 1 is 1.35 bits per heavy atom. The smallest absolute Gasteiger partial charge is 0.326 e. The van der Waals surface area contributed by atoms with E-state index in [9.17, 15) is 18.4 Å². The monoisotopic (exact) mass is 283 g/mol. The van der Waals surface area contributed by atoms with E-state index in [-0.39, 0.29) is 5.91 Å². The number of likely N-dealkylation sites (tertiary alicyclic amines) is 1. The lowest BCUT2D eigenvalue weighted by atomic mass is 9.99. The molecule has 108 valence electrons. The molecule has 0 aromatic heterocycles. The minimum absolute atomic E-state index is 0.338. The molecule has 1 N–H and O–H groups in total. The number of amides is 1. The van der Waals surface area contributed by atoms with Gasteiger partial charge in [-0.2, -0.15) is 0 Å². The highest BCUT2D eigenvalue weighted by Crippen LogP contribution is 2.25. The summed E-state index contributed by atoms with van der Waals surface area (Å²) in [5.74, 6) is -4.10. The van der Waals surface area contributed by atoms with Crippen molar-refractivity contribution in [3.63, 3.8) is 0 Å². The van der Waals surface area contributed by atoms with Crippen molar-refractivity contribution >= 4 is 11.9 Å². The van der Waals surface area contributed by atoms with Gasteiger partial charge < -0.3 is 10.0 Å². The lowest BCUT2D eigenvalue weighted by Gasteiger charge is -2.25. The van der Waals surface area contributed by atoms with Gasteiger partial charge in [0, 0.05) is 6.54 Å². The van der Waals surface area contributed by atoms with Crippen LogP contribution in [0.25, 0.3) is 0 Å². The molecule has 2 rings (SSSR count). The molecule has 20 heavy (non-hydrogen) atoms. The minimum atomic E-state index is -1.03. The van der Waals surface area contributed by atoms with Gasteiger partial charge in [-0.05, 0) is 37.5 Å². The quantitative estimate of drug-likeness (QED) is 0.924. The van der Waals surface area contributed by atoms with Crippen LogP contribution in [0, 0.1) is 11.6 Å². The maximum atomic E-state index is 13.2. The van der Waals surface area contributed by atoms with Crippen molar-refractivity contribution in [1.82, 2.24) is 4.90 Å². The minimum Gasteiger partial charge on any atom is -0.480 e. The third kappa shape index (κ3) is 2.64. The molecule has 1 fully saturated rings. The fourth-order valence-electron chi connectivity index (χ4n) is 2.46. The second-order valence-electron chi connectivity index (χ2n) is 4.92. The molecule has 1 aliphatic rings. The summed E-state index contributed by atoms with van der Waals surface area (Å²) in [4.78, 5) is 24.7. The Balaban J connectivity index is 2.19. The standard InChI is InChI=1S/C14H15F2NO3/c1-8(9-4-5-10(15)11(16)7-9)13(18)17-6-2-3-12(17)14(19)20/h4-5,7-8,12H,2-3,6H2,1H3,(H,19,20)/t8-,12+/m1/s1. The van der Waals surface area contributed by atoms with E-state index < -0.39 is 29.6 Å². The van der Waals surface area contributed by atoms with Crippen LogP contribution >= 0.6 is 0 Å². The summed E-state index contributed by atoms with van der Waals surface area (Å²) in [5.41, 5.74) is 0.338. The number of hydrogen-bond donors (Lipinski definition) is 1. The molecular weight excluding hydrogens is 268 g/mol. The van der Waals surface area contributed by atoms with Gasteiger partial charge in [0.1, 0.15) is 6.04 Å². The highest BCUT2D eigenvalue weighted by Gasteiger charge is 2.36. The van der Waals surface area contributed by atoms with Crippen molar-refractivity contribution in [2.45, 2.75) is 31.7 Å². The summed E-state index contributed by atoms with van der Waals surface area (Å²) in [6, 6.07) is 2.46. The summed E-state index contributed by atoms with van der Waals surface area (Å²) >= 11 is 0. The summed E-state index contributed by atoms with van der Waals surface area (Å²) in [5, 5.41) is 9.06. The molecule has 1 heterocycles. The molecule has 0 spiro atoms. The summed E-state index contributed by atoms with van der Waals surface area (Å²) < 4.78 is 26.1.